The third-order valence-corrected chi connectivity index (χ3v) is 5.54. The molecule has 4 aromatic carbocycles. The van der Waals surface area contributed by atoms with Crippen LogP contribution in [0.4, 0.5) is 0 Å². The van der Waals surface area contributed by atoms with Gasteiger partial charge in [-0.1, -0.05) is 96.6 Å². The Kier molecular flexibility index (Phi) is 5.12. The fraction of sp³-hybridized carbons (Fsp3) is 0.143. The minimum absolute atomic E-state index is 0.978. The van der Waals surface area contributed by atoms with Crippen LogP contribution in [-0.4, -0.2) is 0 Å². The Balaban J connectivity index is 1.51. The maximum atomic E-state index is 2.27. The second kappa shape index (κ2) is 7.86. The van der Waals surface area contributed by atoms with Crippen molar-refractivity contribution in [3.05, 3.63) is 119 Å². The second-order valence-corrected chi connectivity index (χ2v) is 7.74. The minimum atomic E-state index is 0.978. The van der Waals surface area contributed by atoms with Gasteiger partial charge in [0.2, 0.25) is 0 Å². The lowest BCUT2D eigenvalue weighted by atomic mass is 9.97. The van der Waals surface area contributed by atoms with Gasteiger partial charge in [0.05, 0.1) is 0 Å². The van der Waals surface area contributed by atoms with E-state index in [1.165, 1.54) is 50.1 Å². The van der Waals surface area contributed by atoms with Gasteiger partial charge in [-0.2, -0.15) is 0 Å². The van der Waals surface area contributed by atoms with Gasteiger partial charge in [-0.3, -0.25) is 0 Å². The lowest BCUT2D eigenvalue weighted by Gasteiger charge is -2.08. The molecule has 0 saturated carbocycles. The van der Waals surface area contributed by atoms with Gasteiger partial charge >= 0.3 is 0 Å². The molecule has 0 nitrogen and oxygen atoms in total. The molecule has 0 bridgehead atoms. The fourth-order valence-corrected chi connectivity index (χ4v) is 3.53. The molecule has 0 aromatic heterocycles. The molecule has 0 fully saturated rings. The van der Waals surface area contributed by atoms with E-state index >= 15 is 0 Å². The normalized spacial score (nSPS) is 10.8. The zero-order chi connectivity index (χ0) is 19.5. The predicted molar refractivity (Wildman–Crippen MR) is 121 cm³/mol. The summed E-state index contributed by atoms with van der Waals surface area (Å²) in [6.07, 6.45) is 0.978. The summed E-state index contributed by atoms with van der Waals surface area (Å²) < 4.78 is 0. The lowest BCUT2D eigenvalue weighted by Crippen LogP contribution is -1.88. The molecule has 0 saturated heterocycles. The molecule has 138 valence electrons. The Morgan fingerprint density at radius 2 is 0.857 bits per heavy atom. The lowest BCUT2D eigenvalue weighted by molar-refractivity contribution is 1.19. The fourth-order valence-electron chi connectivity index (χ4n) is 3.53. The molecular formula is C28H26. The first-order chi connectivity index (χ1) is 13.6. The zero-order valence-corrected chi connectivity index (χ0v) is 16.9. The van der Waals surface area contributed by atoms with E-state index in [4.69, 9.17) is 0 Å². The first kappa shape index (κ1) is 18.3. The van der Waals surface area contributed by atoms with Gasteiger partial charge in [-0.15, -0.1) is 0 Å². The van der Waals surface area contributed by atoms with Crippen molar-refractivity contribution in [1.82, 2.24) is 0 Å². The molecule has 0 aliphatic carbocycles. The summed E-state index contributed by atoms with van der Waals surface area (Å²) in [4.78, 5) is 0. The summed E-state index contributed by atoms with van der Waals surface area (Å²) >= 11 is 0. The number of hydrogen-bond acceptors (Lipinski definition) is 0. The van der Waals surface area contributed by atoms with Gasteiger partial charge in [-0.05, 0) is 71.7 Å². The van der Waals surface area contributed by atoms with Gasteiger partial charge in [-0.25, -0.2) is 0 Å². The van der Waals surface area contributed by atoms with Crippen molar-refractivity contribution in [2.45, 2.75) is 27.2 Å². The van der Waals surface area contributed by atoms with E-state index in [0.29, 0.717) is 0 Å². The van der Waals surface area contributed by atoms with Gasteiger partial charge in [0, 0.05) is 0 Å². The monoisotopic (exact) mass is 362 g/mol. The third kappa shape index (κ3) is 4.07. The Morgan fingerprint density at radius 1 is 0.429 bits per heavy atom. The highest BCUT2D eigenvalue weighted by Gasteiger charge is 2.03. The quantitative estimate of drug-likeness (QED) is 0.352. The highest BCUT2D eigenvalue weighted by Crippen LogP contribution is 2.26. The van der Waals surface area contributed by atoms with Crippen molar-refractivity contribution < 1.29 is 0 Å². The molecule has 0 aliphatic heterocycles. The van der Waals surface area contributed by atoms with Gasteiger partial charge in [0.1, 0.15) is 0 Å². The second-order valence-electron chi connectivity index (χ2n) is 7.74. The Bertz CT molecular complexity index is 1070. The SMILES string of the molecule is Cc1ccc(Cc2ccc(-c3ccc(-c4ccc(C)c(C)c4)cc3)cc2)cc1. The summed E-state index contributed by atoms with van der Waals surface area (Å²) in [5, 5.41) is 0. The molecule has 4 rings (SSSR count). The number of rotatable bonds is 4. The van der Waals surface area contributed by atoms with Crippen LogP contribution in [0.1, 0.15) is 27.8 Å². The molecule has 0 radical (unpaired) electrons. The Hall–Kier alpha value is -3.12. The van der Waals surface area contributed by atoms with Crippen LogP contribution in [0.2, 0.25) is 0 Å². The highest BCUT2D eigenvalue weighted by atomic mass is 14.1. The number of hydrogen-bond donors (Lipinski definition) is 0. The molecular weight excluding hydrogens is 336 g/mol. The van der Waals surface area contributed by atoms with Crippen LogP contribution in [0.3, 0.4) is 0 Å². The number of aryl methyl sites for hydroxylation is 3. The molecule has 0 heterocycles. The molecule has 4 aromatic rings. The van der Waals surface area contributed by atoms with E-state index in [1.54, 1.807) is 0 Å². The summed E-state index contributed by atoms with van der Waals surface area (Å²) in [5.74, 6) is 0. The van der Waals surface area contributed by atoms with Crippen molar-refractivity contribution in [3.8, 4) is 22.3 Å². The standard InChI is InChI=1S/C28H26/c1-20-4-7-23(8-5-20)19-24-9-12-25(13-10-24)26-14-16-27(17-15-26)28-11-6-21(2)22(3)18-28/h4-18H,19H2,1-3H3. The Labute approximate surface area is 168 Å². The van der Waals surface area contributed by atoms with Crippen LogP contribution >= 0.6 is 0 Å². The summed E-state index contributed by atoms with van der Waals surface area (Å²) in [6, 6.07) is 33.3. The van der Waals surface area contributed by atoms with Crippen LogP contribution in [0, 0.1) is 20.8 Å². The first-order valence-electron chi connectivity index (χ1n) is 9.91. The van der Waals surface area contributed by atoms with E-state index in [1.807, 2.05) is 0 Å². The molecule has 0 aliphatic rings. The van der Waals surface area contributed by atoms with E-state index in [-0.39, 0.29) is 0 Å². The van der Waals surface area contributed by atoms with Crippen LogP contribution in [0.5, 0.6) is 0 Å². The Morgan fingerprint density at radius 3 is 1.39 bits per heavy atom. The topological polar surface area (TPSA) is 0 Å². The van der Waals surface area contributed by atoms with Crippen LogP contribution < -0.4 is 0 Å². The predicted octanol–water partition coefficient (Wildman–Crippen LogP) is 7.54. The number of benzene rings is 4. The van der Waals surface area contributed by atoms with E-state index in [2.05, 4.69) is 112 Å². The van der Waals surface area contributed by atoms with Crippen molar-refractivity contribution in [2.75, 3.05) is 0 Å². The molecule has 0 atom stereocenters. The minimum Gasteiger partial charge on any atom is -0.0590 e. The molecule has 0 unspecified atom stereocenters. The average Bonchev–Trinajstić information content (AvgIpc) is 2.72. The largest absolute Gasteiger partial charge is 0.0590 e. The molecule has 0 heteroatoms. The van der Waals surface area contributed by atoms with Crippen LogP contribution in [0.15, 0.2) is 91.0 Å². The smallest absolute Gasteiger partial charge is 0.00258 e. The molecule has 0 spiro atoms. The van der Waals surface area contributed by atoms with Gasteiger partial charge < -0.3 is 0 Å². The van der Waals surface area contributed by atoms with E-state index in [0.717, 1.165) is 6.42 Å². The maximum Gasteiger partial charge on any atom is -0.00258 e. The molecule has 0 N–H and O–H groups in total. The molecule has 0 amide bonds. The zero-order valence-electron chi connectivity index (χ0n) is 16.9. The third-order valence-electron chi connectivity index (χ3n) is 5.54. The van der Waals surface area contributed by atoms with Crippen LogP contribution in [0.25, 0.3) is 22.3 Å². The summed E-state index contributed by atoms with van der Waals surface area (Å²) in [5.41, 5.74) is 11.8. The summed E-state index contributed by atoms with van der Waals surface area (Å²) in [6.45, 7) is 6.46. The average molecular weight is 363 g/mol. The summed E-state index contributed by atoms with van der Waals surface area (Å²) in [7, 11) is 0. The van der Waals surface area contributed by atoms with E-state index < -0.39 is 0 Å². The van der Waals surface area contributed by atoms with Crippen molar-refractivity contribution in [2.24, 2.45) is 0 Å². The van der Waals surface area contributed by atoms with Gasteiger partial charge in [0.25, 0.3) is 0 Å². The highest BCUT2D eigenvalue weighted by molar-refractivity contribution is 5.71. The van der Waals surface area contributed by atoms with Crippen molar-refractivity contribution >= 4 is 0 Å². The molecule has 28 heavy (non-hydrogen) atoms. The van der Waals surface area contributed by atoms with Crippen molar-refractivity contribution in [3.63, 3.8) is 0 Å². The maximum absolute atomic E-state index is 2.27. The van der Waals surface area contributed by atoms with E-state index in [9.17, 15) is 0 Å². The van der Waals surface area contributed by atoms with Crippen LogP contribution in [-0.2, 0) is 6.42 Å². The van der Waals surface area contributed by atoms with Crippen molar-refractivity contribution in [1.29, 1.82) is 0 Å². The first-order valence-corrected chi connectivity index (χ1v) is 9.91. The van der Waals surface area contributed by atoms with Gasteiger partial charge in [0.15, 0.2) is 0 Å².